The van der Waals surface area contributed by atoms with Gasteiger partial charge in [-0.2, -0.15) is 8.42 Å². The molecule has 0 aliphatic rings. The molecule has 0 heterocycles. The van der Waals surface area contributed by atoms with Gasteiger partial charge >= 0.3 is 29.6 Å². The molecule has 0 aliphatic carbocycles. The Bertz CT molecular complexity index is 883. The summed E-state index contributed by atoms with van der Waals surface area (Å²) in [5.74, 6) is 0.514. The van der Waals surface area contributed by atoms with Crippen LogP contribution in [0.5, 0.6) is 17.2 Å². The van der Waals surface area contributed by atoms with E-state index in [9.17, 15) is 18.1 Å². The average molecular weight is 457 g/mol. The molecule has 1 N–H and O–H groups in total. The zero-order valence-electron chi connectivity index (χ0n) is 18.8. The Balaban J connectivity index is 0.00000480. The summed E-state index contributed by atoms with van der Waals surface area (Å²) in [5, 5.41) is 11.5. The van der Waals surface area contributed by atoms with Crippen LogP contribution in [0.1, 0.15) is 76.7 Å². The quantitative estimate of drug-likeness (QED) is 0.268. The predicted octanol–water partition coefficient (Wildman–Crippen LogP) is 3.27. The van der Waals surface area contributed by atoms with Gasteiger partial charge in [-0.05, 0) is 37.1 Å². The maximum absolute atomic E-state index is 11.8. The van der Waals surface area contributed by atoms with Gasteiger partial charge in [0, 0.05) is 5.56 Å². The van der Waals surface area contributed by atoms with Crippen molar-refractivity contribution >= 4 is 10.1 Å². The third-order valence-corrected chi connectivity index (χ3v) is 6.12. The first-order valence-corrected chi connectivity index (χ1v) is 12.4. The molecule has 2 rings (SSSR count). The summed E-state index contributed by atoms with van der Waals surface area (Å²) in [6.45, 7) is 2.22. The second-order valence-corrected chi connectivity index (χ2v) is 9.11. The Morgan fingerprint density at radius 2 is 1.45 bits per heavy atom. The summed E-state index contributed by atoms with van der Waals surface area (Å²) in [4.78, 5) is -0.130. The van der Waals surface area contributed by atoms with Crippen molar-refractivity contribution in [2.24, 2.45) is 0 Å². The number of hydrogen-bond acceptors (Lipinski definition) is 4. The zero-order valence-corrected chi connectivity index (χ0v) is 21.6. The summed E-state index contributed by atoms with van der Waals surface area (Å²) < 4.78 is 39.1. The van der Waals surface area contributed by atoms with Crippen LogP contribution >= 0.6 is 0 Å². The van der Waals surface area contributed by atoms with Gasteiger partial charge in [-0.15, -0.1) is 5.75 Å². The maximum Gasteiger partial charge on any atom is 1.00 e. The smallest absolute Gasteiger partial charge is 0.872 e. The minimum absolute atomic E-state index is 0. The molecule has 0 radical (unpaired) electrons. The van der Waals surface area contributed by atoms with E-state index >= 15 is 0 Å². The summed E-state index contributed by atoms with van der Waals surface area (Å²) in [7, 11) is -4.36. The Morgan fingerprint density at radius 3 is 2.03 bits per heavy atom. The van der Waals surface area contributed by atoms with Crippen molar-refractivity contribution in [3.63, 3.8) is 0 Å². The molecular formula is C24H33NaO5S. The average Bonchev–Trinajstić information content (AvgIpc) is 2.69. The third-order valence-electron chi connectivity index (χ3n) is 5.18. The van der Waals surface area contributed by atoms with Crippen molar-refractivity contribution in [1.82, 2.24) is 0 Å². The second-order valence-electron chi connectivity index (χ2n) is 7.72. The first-order chi connectivity index (χ1) is 14.4. The number of ether oxygens (including phenoxy) is 1. The van der Waals surface area contributed by atoms with E-state index in [1.54, 1.807) is 18.2 Å². The van der Waals surface area contributed by atoms with Crippen LogP contribution in [-0.4, -0.2) is 13.0 Å². The van der Waals surface area contributed by atoms with Gasteiger partial charge in [0.05, 0.1) is 0 Å². The molecular weight excluding hydrogens is 423 g/mol. The molecule has 0 aromatic heterocycles. The van der Waals surface area contributed by atoms with Gasteiger partial charge in [0.1, 0.15) is 16.4 Å². The molecule has 7 heteroatoms. The van der Waals surface area contributed by atoms with E-state index in [1.807, 2.05) is 0 Å². The molecule has 2 aromatic rings. The molecule has 0 unspecified atom stereocenters. The van der Waals surface area contributed by atoms with Gasteiger partial charge < -0.3 is 9.84 Å². The summed E-state index contributed by atoms with van der Waals surface area (Å²) >= 11 is 0. The monoisotopic (exact) mass is 456 g/mol. The van der Waals surface area contributed by atoms with Crippen LogP contribution < -0.4 is 39.4 Å². The normalized spacial score (nSPS) is 11.2. The van der Waals surface area contributed by atoms with Gasteiger partial charge in [-0.25, -0.2) is 0 Å². The van der Waals surface area contributed by atoms with Crippen molar-refractivity contribution in [2.45, 2.75) is 82.4 Å². The molecule has 31 heavy (non-hydrogen) atoms. The van der Waals surface area contributed by atoms with Gasteiger partial charge in [0.2, 0.25) is 0 Å². The number of rotatable bonds is 14. The SMILES string of the molecule is CCCCCCCCCCCCc1c(Oc2cccc([O-])c2)cccc1S(=O)(=O)O.[Na+]. The molecule has 166 valence electrons. The van der Waals surface area contributed by atoms with E-state index in [-0.39, 0.29) is 40.2 Å². The van der Waals surface area contributed by atoms with E-state index in [4.69, 9.17) is 4.74 Å². The fourth-order valence-corrected chi connectivity index (χ4v) is 4.35. The number of benzene rings is 2. The summed E-state index contributed by atoms with van der Waals surface area (Å²) in [6, 6.07) is 10.6. The van der Waals surface area contributed by atoms with Crippen LogP contribution in [0.15, 0.2) is 47.4 Å². The first kappa shape index (κ1) is 28.0. The van der Waals surface area contributed by atoms with Crippen molar-refractivity contribution in [3.8, 4) is 17.2 Å². The van der Waals surface area contributed by atoms with Crippen molar-refractivity contribution in [3.05, 3.63) is 48.0 Å². The fraction of sp³-hybridized carbons (Fsp3) is 0.500. The molecule has 5 nitrogen and oxygen atoms in total. The molecule has 0 aliphatic heterocycles. The van der Waals surface area contributed by atoms with Gasteiger partial charge in [-0.1, -0.05) is 82.9 Å². The van der Waals surface area contributed by atoms with Crippen LogP contribution in [0, 0.1) is 0 Å². The molecule has 0 bridgehead atoms. The van der Waals surface area contributed by atoms with Gasteiger partial charge in [0.15, 0.2) is 0 Å². The Hall–Kier alpha value is -1.05. The van der Waals surface area contributed by atoms with E-state index in [0.29, 0.717) is 23.5 Å². The summed E-state index contributed by atoms with van der Waals surface area (Å²) in [6.07, 6.45) is 12.3. The fourth-order valence-electron chi connectivity index (χ4n) is 3.58. The van der Waals surface area contributed by atoms with E-state index in [1.165, 1.54) is 69.2 Å². The van der Waals surface area contributed by atoms with Gasteiger partial charge in [-0.3, -0.25) is 4.55 Å². The van der Waals surface area contributed by atoms with Crippen LogP contribution in [0.25, 0.3) is 0 Å². The van der Waals surface area contributed by atoms with Crippen molar-refractivity contribution in [2.75, 3.05) is 0 Å². The largest absolute Gasteiger partial charge is 1.00 e. The Morgan fingerprint density at radius 1 is 0.871 bits per heavy atom. The molecule has 0 atom stereocenters. The summed E-state index contributed by atoms with van der Waals surface area (Å²) in [5.41, 5.74) is 0.455. The predicted molar refractivity (Wildman–Crippen MR) is 118 cm³/mol. The maximum atomic E-state index is 11.8. The van der Waals surface area contributed by atoms with Crippen LogP contribution in [-0.2, 0) is 16.5 Å². The molecule has 2 aromatic carbocycles. The molecule has 0 amide bonds. The van der Waals surface area contributed by atoms with E-state index in [0.717, 1.165) is 19.3 Å². The number of hydrogen-bond donors (Lipinski definition) is 1. The first-order valence-electron chi connectivity index (χ1n) is 11.0. The van der Waals surface area contributed by atoms with Crippen LogP contribution in [0.2, 0.25) is 0 Å². The minimum Gasteiger partial charge on any atom is -0.872 e. The standard InChI is InChI=1S/C24H34O5S.Na/c1-2-3-4-5-6-7-8-9-10-11-16-22-23(17-13-18-24(22)30(26,27)28)29-21-15-12-14-20(25)19-21;/h12-15,17-19,25H,2-11,16H2,1H3,(H,26,27,28);/q;+1/p-1. The topological polar surface area (TPSA) is 86.7 Å². The molecule has 0 spiro atoms. The van der Waals surface area contributed by atoms with Crippen LogP contribution in [0.3, 0.4) is 0 Å². The third kappa shape index (κ3) is 10.4. The van der Waals surface area contributed by atoms with Crippen molar-refractivity contribution in [1.29, 1.82) is 0 Å². The van der Waals surface area contributed by atoms with E-state index in [2.05, 4.69) is 6.92 Å². The second kappa shape index (κ2) is 14.9. The van der Waals surface area contributed by atoms with Gasteiger partial charge in [0.25, 0.3) is 10.1 Å². The molecule has 0 fully saturated rings. The van der Waals surface area contributed by atoms with Crippen LogP contribution in [0.4, 0.5) is 0 Å². The molecule has 0 saturated carbocycles. The van der Waals surface area contributed by atoms with Crippen molar-refractivity contribution < 1.29 is 52.4 Å². The Labute approximate surface area is 209 Å². The molecule has 0 saturated heterocycles. The minimum atomic E-state index is -4.36. The Kier molecular flexibility index (Phi) is 13.5. The number of unbranched alkanes of at least 4 members (excludes halogenated alkanes) is 9. The van der Waals surface area contributed by atoms with E-state index < -0.39 is 10.1 Å². The zero-order chi connectivity index (χ0) is 21.8.